The van der Waals surface area contributed by atoms with Gasteiger partial charge in [-0.15, -0.1) is 6.58 Å². The van der Waals surface area contributed by atoms with Gasteiger partial charge in [-0.3, -0.25) is 4.79 Å². The number of allylic oxidation sites excluding steroid dienone is 1. The number of fused-ring (bicyclic) bond motifs is 1. The van der Waals surface area contributed by atoms with Gasteiger partial charge in [-0.05, 0) is 54.4 Å². The summed E-state index contributed by atoms with van der Waals surface area (Å²) in [7, 11) is 0. The van der Waals surface area contributed by atoms with E-state index in [1.807, 2.05) is 71.6 Å². The summed E-state index contributed by atoms with van der Waals surface area (Å²) in [4.78, 5) is 19.7. The van der Waals surface area contributed by atoms with Crippen LogP contribution in [0.2, 0.25) is 5.02 Å². The Kier molecular flexibility index (Phi) is 6.37. The molecular weight excluding hydrogens is 446 g/mol. The molecule has 0 bridgehead atoms. The number of halogens is 1. The Morgan fingerprint density at radius 1 is 1.06 bits per heavy atom. The molecule has 0 radical (unpaired) electrons. The third-order valence-electron chi connectivity index (χ3n) is 6.22. The molecule has 5 nitrogen and oxygen atoms in total. The first-order valence-corrected chi connectivity index (χ1v) is 11.8. The smallest absolute Gasteiger partial charge is 0.227 e. The van der Waals surface area contributed by atoms with E-state index in [-0.39, 0.29) is 11.8 Å². The molecule has 4 aromatic rings. The van der Waals surface area contributed by atoms with Gasteiger partial charge in [-0.25, -0.2) is 4.98 Å². The topological polar surface area (TPSA) is 47.4 Å². The Bertz CT molecular complexity index is 1330. The van der Waals surface area contributed by atoms with Crippen LogP contribution in [0.1, 0.15) is 23.7 Å². The fraction of sp³-hybridized carbons (Fsp3) is 0.214. The number of aromatic nitrogens is 2. The molecule has 2 heterocycles. The van der Waals surface area contributed by atoms with E-state index < -0.39 is 0 Å². The Labute approximate surface area is 204 Å². The number of nitrogens with zero attached hydrogens (tertiary/aromatic N) is 3. The predicted octanol–water partition coefficient (Wildman–Crippen LogP) is 6.02. The van der Waals surface area contributed by atoms with Crippen LogP contribution in [0.5, 0.6) is 5.75 Å². The summed E-state index contributed by atoms with van der Waals surface area (Å²) in [5.41, 5.74) is 3.97. The molecule has 3 aromatic carbocycles. The lowest BCUT2D eigenvalue weighted by molar-refractivity contribution is -0.117. The van der Waals surface area contributed by atoms with E-state index in [1.54, 1.807) is 0 Å². The van der Waals surface area contributed by atoms with Crippen LogP contribution in [0.4, 0.5) is 5.69 Å². The highest BCUT2D eigenvalue weighted by molar-refractivity contribution is 6.30. The second-order valence-electron chi connectivity index (χ2n) is 8.44. The molecule has 0 aliphatic carbocycles. The zero-order valence-electron chi connectivity index (χ0n) is 18.9. The van der Waals surface area contributed by atoms with Gasteiger partial charge in [0, 0.05) is 29.6 Å². The molecule has 1 saturated heterocycles. The van der Waals surface area contributed by atoms with Crippen LogP contribution in [-0.4, -0.2) is 28.6 Å². The Morgan fingerprint density at radius 3 is 2.65 bits per heavy atom. The predicted molar refractivity (Wildman–Crippen MR) is 137 cm³/mol. The number of carbonyl (C=O) groups is 1. The molecule has 34 heavy (non-hydrogen) atoms. The Hall–Kier alpha value is -3.57. The summed E-state index contributed by atoms with van der Waals surface area (Å²) in [5, 5.41) is 0.656. The number of hydrogen-bond acceptors (Lipinski definition) is 3. The lowest BCUT2D eigenvalue weighted by Gasteiger charge is -2.18. The fourth-order valence-electron chi connectivity index (χ4n) is 4.61. The summed E-state index contributed by atoms with van der Waals surface area (Å²) >= 11 is 6.03. The number of para-hydroxylation sites is 3. The zero-order valence-corrected chi connectivity index (χ0v) is 19.6. The number of amides is 1. The van der Waals surface area contributed by atoms with Crippen molar-refractivity contribution < 1.29 is 9.53 Å². The first kappa shape index (κ1) is 22.2. The standard InChI is InChI=1S/C28H26ClN3O2/c1-2-7-20-8-3-6-11-26(20)34-17-16-31-25-10-5-4-9-24(25)30-28(31)21-18-27(33)32(19-21)23-14-12-22(29)13-15-23/h2-6,8-15,21H,1,7,16-19H2. The minimum atomic E-state index is 0.00336. The molecule has 1 aromatic heterocycles. The monoisotopic (exact) mass is 471 g/mol. The van der Waals surface area contributed by atoms with Crippen molar-refractivity contribution in [2.75, 3.05) is 18.1 Å². The number of rotatable bonds is 8. The summed E-state index contributed by atoms with van der Waals surface area (Å²) < 4.78 is 8.37. The molecule has 0 saturated carbocycles. The largest absolute Gasteiger partial charge is 0.491 e. The fourth-order valence-corrected chi connectivity index (χ4v) is 4.73. The Morgan fingerprint density at radius 2 is 1.82 bits per heavy atom. The SMILES string of the molecule is C=CCc1ccccc1OCCn1c(C2CC(=O)N(c3ccc(Cl)cc3)C2)nc2ccccc21. The van der Waals surface area contributed by atoms with Gasteiger partial charge in [0.05, 0.1) is 17.6 Å². The van der Waals surface area contributed by atoms with E-state index in [9.17, 15) is 4.79 Å². The van der Waals surface area contributed by atoms with Gasteiger partial charge < -0.3 is 14.2 Å². The van der Waals surface area contributed by atoms with E-state index >= 15 is 0 Å². The number of hydrogen-bond donors (Lipinski definition) is 0. The molecule has 1 aliphatic heterocycles. The molecular formula is C28H26ClN3O2. The van der Waals surface area contributed by atoms with Gasteiger partial charge >= 0.3 is 0 Å². The lowest BCUT2D eigenvalue weighted by atomic mass is 10.1. The van der Waals surface area contributed by atoms with E-state index in [4.69, 9.17) is 21.3 Å². The lowest BCUT2D eigenvalue weighted by Crippen LogP contribution is -2.24. The molecule has 1 unspecified atom stereocenters. The second-order valence-corrected chi connectivity index (χ2v) is 8.88. The van der Waals surface area contributed by atoms with Crippen molar-refractivity contribution in [1.29, 1.82) is 0 Å². The maximum atomic E-state index is 12.9. The third kappa shape index (κ3) is 4.44. The first-order valence-electron chi connectivity index (χ1n) is 11.5. The highest BCUT2D eigenvalue weighted by atomic mass is 35.5. The van der Waals surface area contributed by atoms with Gasteiger partial charge in [-0.2, -0.15) is 0 Å². The number of ether oxygens (including phenoxy) is 1. The van der Waals surface area contributed by atoms with Crippen LogP contribution in [-0.2, 0) is 17.8 Å². The Balaban J connectivity index is 1.39. The van der Waals surface area contributed by atoms with Crippen LogP contribution in [0.15, 0.2) is 85.5 Å². The number of carbonyl (C=O) groups excluding carboxylic acids is 1. The van der Waals surface area contributed by atoms with Crippen molar-refractivity contribution in [2.45, 2.75) is 25.3 Å². The highest BCUT2D eigenvalue weighted by Gasteiger charge is 2.34. The van der Waals surface area contributed by atoms with Crippen molar-refractivity contribution in [3.8, 4) is 5.75 Å². The normalized spacial score (nSPS) is 15.7. The minimum absolute atomic E-state index is 0.00336. The molecule has 6 heteroatoms. The number of imidazole rings is 1. The molecule has 0 N–H and O–H groups in total. The van der Waals surface area contributed by atoms with Crippen LogP contribution in [0.25, 0.3) is 11.0 Å². The molecule has 5 rings (SSSR count). The van der Waals surface area contributed by atoms with Gasteiger partial charge in [0.2, 0.25) is 5.91 Å². The van der Waals surface area contributed by atoms with E-state index in [2.05, 4.69) is 23.3 Å². The highest BCUT2D eigenvalue weighted by Crippen LogP contribution is 2.33. The summed E-state index contributed by atoms with van der Waals surface area (Å²) in [5.74, 6) is 1.90. The number of anilines is 1. The van der Waals surface area contributed by atoms with Gasteiger partial charge in [-0.1, -0.05) is 48.0 Å². The first-order chi connectivity index (χ1) is 16.6. The van der Waals surface area contributed by atoms with E-state index in [0.29, 0.717) is 31.1 Å². The average Bonchev–Trinajstić information content (AvgIpc) is 3.41. The maximum absolute atomic E-state index is 12.9. The summed E-state index contributed by atoms with van der Waals surface area (Å²) in [6.45, 7) is 5.58. The van der Waals surface area contributed by atoms with Crippen molar-refractivity contribution >= 4 is 34.2 Å². The van der Waals surface area contributed by atoms with Gasteiger partial charge in [0.25, 0.3) is 0 Å². The van der Waals surface area contributed by atoms with Crippen LogP contribution in [0.3, 0.4) is 0 Å². The average molecular weight is 472 g/mol. The minimum Gasteiger partial charge on any atom is -0.491 e. The van der Waals surface area contributed by atoms with Gasteiger partial charge in [0.15, 0.2) is 0 Å². The summed E-state index contributed by atoms with van der Waals surface area (Å²) in [6.07, 6.45) is 3.07. The van der Waals surface area contributed by atoms with E-state index in [0.717, 1.165) is 40.3 Å². The van der Waals surface area contributed by atoms with Crippen molar-refractivity contribution in [2.24, 2.45) is 0 Å². The van der Waals surface area contributed by atoms with Crippen LogP contribution >= 0.6 is 11.6 Å². The molecule has 172 valence electrons. The molecule has 1 amide bonds. The third-order valence-corrected chi connectivity index (χ3v) is 6.47. The molecule has 0 spiro atoms. The van der Waals surface area contributed by atoms with Gasteiger partial charge in [0.1, 0.15) is 18.2 Å². The quantitative estimate of drug-likeness (QED) is 0.295. The molecule has 1 fully saturated rings. The maximum Gasteiger partial charge on any atom is 0.227 e. The van der Waals surface area contributed by atoms with E-state index in [1.165, 1.54) is 0 Å². The zero-order chi connectivity index (χ0) is 23.5. The number of benzene rings is 3. The molecule has 1 aliphatic rings. The molecule has 1 atom stereocenters. The van der Waals surface area contributed by atoms with Crippen molar-refractivity contribution in [3.63, 3.8) is 0 Å². The van der Waals surface area contributed by atoms with Crippen LogP contribution < -0.4 is 9.64 Å². The summed E-state index contributed by atoms with van der Waals surface area (Å²) in [6, 6.07) is 23.6. The second kappa shape index (κ2) is 9.74. The van der Waals surface area contributed by atoms with Crippen molar-refractivity contribution in [1.82, 2.24) is 9.55 Å². The van der Waals surface area contributed by atoms with Crippen LogP contribution in [0, 0.1) is 0 Å². The van der Waals surface area contributed by atoms with Crippen molar-refractivity contribution in [3.05, 3.63) is 102 Å².